The van der Waals surface area contributed by atoms with Crippen LogP contribution in [0.25, 0.3) is 22.2 Å². The van der Waals surface area contributed by atoms with Crippen LogP contribution in [0.2, 0.25) is 0 Å². The molecule has 5 heteroatoms. The molecule has 0 aliphatic rings. The quantitative estimate of drug-likeness (QED) is 0.774. The van der Waals surface area contributed by atoms with Crippen LogP contribution in [0.1, 0.15) is 19.4 Å². The molecular formula is C16H16N4O. The fraction of sp³-hybridized carbons (Fsp3) is 0.250. The van der Waals surface area contributed by atoms with Crippen LogP contribution in [-0.4, -0.2) is 25.5 Å². The average Bonchev–Trinajstić information content (AvgIpc) is 3.02. The van der Waals surface area contributed by atoms with Gasteiger partial charge in [0.25, 0.3) is 0 Å². The summed E-state index contributed by atoms with van der Waals surface area (Å²) in [6.07, 6.45) is 3.71. The van der Waals surface area contributed by atoms with Crippen molar-refractivity contribution in [3.63, 3.8) is 0 Å². The molecule has 0 bridgehead atoms. The Labute approximate surface area is 122 Å². The van der Waals surface area contributed by atoms with E-state index in [2.05, 4.69) is 16.2 Å². The van der Waals surface area contributed by atoms with Crippen molar-refractivity contribution >= 4 is 10.9 Å². The first-order valence-electron chi connectivity index (χ1n) is 6.74. The Kier molecular flexibility index (Phi) is 3.04. The van der Waals surface area contributed by atoms with Gasteiger partial charge >= 0.3 is 0 Å². The molecule has 3 rings (SSSR count). The van der Waals surface area contributed by atoms with E-state index in [1.54, 1.807) is 24.6 Å². The van der Waals surface area contributed by atoms with E-state index in [4.69, 9.17) is 5.26 Å². The van der Waals surface area contributed by atoms with Crippen LogP contribution in [-0.2, 0) is 6.54 Å². The topological polar surface area (TPSA) is 77.6 Å². The van der Waals surface area contributed by atoms with Gasteiger partial charge in [-0.1, -0.05) is 12.1 Å². The zero-order valence-electron chi connectivity index (χ0n) is 12.0. The summed E-state index contributed by atoms with van der Waals surface area (Å²) in [4.78, 5) is 3.14. The van der Waals surface area contributed by atoms with Crippen LogP contribution >= 0.6 is 0 Å². The summed E-state index contributed by atoms with van der Waals surface area (Å²) < 4.78 is 1.72. The standard InChI is InChI=1S/C16H16N4O/c1-16(2,21)10-20-7-6-14(19-20)13-9-18-15-11(8-17)4-3-5-12(13)15/h3-7,9,18,21H,10H2,1-2H3. The number of para-hydroxylation sites is 1. The second-order valence-electron chi connectivity index (χ2n) is 5.75. The molecule has 106 valence electrons. The Balaban J connectivity index is 2.04. The van der Waals surface area contributed by atoms with E-state index in [1.165, 1.54) is 0 Å². The Hall–Kier alpha value is -2.58. The number of aromatic amines is 1. The maximum absolute atomic E-state index is 9.85. The first-order valence-corrected chi connectivity index (χ1v) is 6.74. The predicted molar refractivity (Wildman–Crippen MR) is 80.5 cm³/mol. The fourth-order valence-electron chi connectivity index (χ4n) is 2.45. The second-order valence-corrected chi connectivity index (χ2v) is 5.75. The van der Waals surface area contributed by atoms with Gasteiger partial charge < -0.3 is 10.1 Å². The number of H-pyrrole nitrogens is 1. The molecule has 2 N–H and O–H groups in total. The Morgan fingerprint density at radius 3 is 2.90 bits per heavy atom. The highest BCUT2D eigenvalue weighted by Crippen LogP contribution is 2.29. The molecule has 0 aliphatic carbocycles. The van der Waals surface area contributed by atoms with Gasteiger partial charge in [-0.3, -0.25) is 4.68 Å². The van der Waals surface area contributed by atoms with Gasteiger partial charge in [0.1, 0.15) is 6.07 Å². The molecule has 2 heterocycles. The van der Waals surface area contributed by atoms with Gasteiger partial charge in [-0.05, 0) is 26.0 Å². The van der Waals surface area contributed by atoms with Crippen molar-refractivity contribution in [2.75, 3.05) is 0 Å². The van der Waals surface area contributed by atoms with E-state index in [0.29, 0.717) is 12.1 Å². The van der Waals surface area contributed by atoms with Gasteiger partial charge in [-0.2, -0.15) is 10.4 Å². The highest BCUT2D eigenvalue weighted by Gasteiger charge is 2.16. The van der Waals surface area contributed by atoms with Crippen molar-refractivity contribution in [3.05, 3.63) is 42.2 Å². The van der Waals surface area contributed by atoms with E-state index in [0.717, 1.165) is 22.2 Å². The number of aromatic nitrogens is 3. The van der Waals surface area contributed by atoms with Gasteiger partial charge in [-0.25, -0.2) is 0 Å². The van der Waals surface area contributed by atoms with Crippen molar-refractivity contribution in [2.24, 2.45) is 0 Å². The Morgan fingerprint density at radius 1 is 1.38 bits per heavy atom. The lowest BCUT2D eigenvalue weighted by molar-refractivity contribution is 0.0578. The summed E-state index contributed by atoms with van der Waals surface area (Å²) in [5, 5.41) is 24.4. The zero-order chi connectivity index (χ0) is 15.0. The second kappa shape index (κ2) is 4.76. The number of rotatable bonds is 3. The van der Waals surface area contributed by atoms with E-state index in [1.807, 2.05) is 30.6 Å². The molecule has 0 saturated heterocycles. The fourth-order valence-corrected chi connectivity index (χ4v) is 2.45. The molecule has 3 aromatic rings. The molecule has 0 radical (unpaired) electrons. The van der Waals surface area contributed by atoms with Crippen molar-refractivity contribution < 1.29 is 5.11 Å². The third kappa shape index (κ3) is 2.54. The number of nitrogens with zero attached hydrogens (tertiary/aromatic N) is 3. The molecule has 0 atom stereocenters. The van der Waals surface area contributed by atoms with Crippen LogP contribution in [0.4, 0.5) is 0 Å². The normalized spacial score (nSPS) is 11.7. The average molecular weight is 280 g/mol. The van der Waals surface area contributed by atoms with Crippen LogP contribution in [0, 0.1) is 11.3 Å². The minimum atomic E-state index is -0.808. The summed E-state index contributed by atoms with van der Waals surface area (Å²) in [6.45, 7) is 3.93. The van der Waals surface area contributed by atoms with Gasteiger partial charge in [-0.15, -0.1) is 0 Å². The minimum Gasteiger partial charge on any atom is -0.389 e. The van der Waals surface area contributed by atoms with Crippen molar-refractivity contribution in [2.45, 2.75) is 26.0 Å². The molecule has 0 spiro atoms. The monoisotopic (exact) mass is 280 g/mol. The summed E-state index contributed by atoms with van der Waals surface area (Å²) in [6, 6.07) is 9.71. The largest absolute Gasteiger partial charge is 0.389 e. The zero-order valence-corrected chi connectivity index (χ0v) is 12.0. The highest BCUT2D eigenvalue weighted by atomic mass is 16.3. The number of nitrogens with one attached hydrogen (secondary N) is 1. The third-order valence-electron chi connectivity index (χ3n) is 3.30. The summed E-state index contributed by atoms with van der Waals surface area (Å²) in [5.41, 5.74) is 2.41. The first-order chi connectivity index (χ1) is 9.98. The molecule has 2 aromatic heterocycles. The summed E-state index contributed by atoms with van der Waals surface area (Å²) >= 11 is 0. The maximum Gasteiger partial charge on any atom is 0.101 e. The SMILES string of the molecule is CC(C)(O)Cn1ccc(-c2c[nH]c3c(C#N)cccc23)n1. The number of nitriles is 1. The van der Waals surface area contributed by atoms with Crippen molar-refractivity contribution in [3.8, 4) is 17.3 Å². The first kappa shape index (κ1) is 13.4. The van der Waals surface area contributed by atoms with Gasteiger partial charge in [0, 0.05) is 23.3 Å². The minimum absolute atomic E-state index is 0.429. The van der Waals surface area contributed by atoms with Gasteiger partial charge in [0.15, 0.2) is 0 Å². The van der Waals surface area contributed by atoms with Gasteiger partial charge in [0.2, 0.25) is 0 Å². The van der Waals surface area contributed by atoms with Crippen LogP contribution < -0.4 is 0 Å². The van der Waals surface area contributed by atoms with E-state index in [-0.39, 0.29) is 0 Å². The number of hydrogen-bond acceptors (Lipinski definition) is 3. The van der Waals surface area contributed by atoms with E-state index in [9.17, 15) is 5.11 Å². The Morgan fingerprint density at radius 2 is 2.19 bits per heavy atom. The molecule has 0 saturated carbocycles. The number of benzene rings is 1. The van der Waals surface area contributed by atoms with Crippen LogP contribution in [0.3, 0.4) is 0 Å². The summed E-state index contributed by atoms with van der Waals surface area (Å²) in [5.74, 6) is 0. The summed E-state index contributed by atoms with van der Waals surface area (Å²) in [7, 11) is 0. The molecule has 0 fully saturated rings. The van der Waals surface area contributed by atoms with Crippen molar-refractivity contribution in [1.82, 2.24) is 14.8 Å². The third-order valence-corrected chi connectivity index (χ3v) is 3.30. The van der Waals surface area contributed by atoms with E-state index >= 15 is 0 Å². The number of fused-ring (bicyclic) bond motifs is 1. The molecule has 0 unspecified atom stereocenters. The Bertz CT molecular complexity index is 830. The lowest BCUT2D eigenvalue weighted by Gasteiger charge is -2.16. The van der Waals surface area contributed by atoms with Crippen molar-refractivity contribution in [1.29, 1.82) is 5.26 Å². The highest BCUT2D eigenvalue weighted by molar-refractivity contribution is 5.97. The molecule has 0 amide bonds. The molecule has 1 aromatic carbocycles. The number of hydrogen-bond donors (Lipinski definition) is 2. The van der Waals surface area contributed by atoms with Crippen LogP contribution in [0.5, 0.6) is 0 Å². The van der Waals surface area contributed by atoms with Gasteiger partial charge in [0.05, 0.1) is 28.9 Å². The number of aliphatic hydroxyl groups is 1. The molecule has 21 heavy (non-hydrogen) atoms. The molecule has 0 aliphatic heterocycles. The molecule has 5 nitrogen and oxygen atoms in total. The molecular weight excluding hydrogens is 264 g/mol. The van der Waals surface area contributed by atoms with Crippen LogP contribution in [0.15, 0.2) is 36.7 Å². The van der Waals surface area contributed by atoms with E-state index < -0.39 is 5.60 Å². The predicted octanol–water partition coefficient (Wildman–Crippen LogP) is 2.67. The lowest BCUT2D eigenvalue weighted by Crippen LogP contribution is -2.26. The maximum atomic E-state index is 9.85. The lowest BCUT2D eigenvalue weighted by atomic mass is 10.1. The smallest absolute Gasteiger partial charge is 0.101 e.